The van der Waals surface area contributed by atoms with E-state index in [-0.39, 0.29) is 23.6 Å². The molecule has 0 saturated carbocycles. The lowest BCUT2D eigenvalue weighted by molar-refractivity contribution is -0.125. The number of methoxy groups -OCH3 is 1. The van der Waals surface area contributed by atoms with Crippen molar-refractivity contribution in [2.75, 3.05) is 20.3 Å². The molecule has 0 fully saturated rings. The maximum absolute atomic E-state index is 12.2. The Labute approximate surface area is 157 Å². The van der Waals surface area contributed by atoms with Crippen LogP contribution >= 0.6 is 15.9 Å². The summed E-state index contributed by atoms with van der Waals surface area (Å²) in [5, 5.41) is 2.81. The number of hydrogen-bond acceptors (Lipinski definition) is 5. The molecule has 1 rings (SSSR count). The smallest absolute Gasteiger partial charge is 0.338 e. The van der Waals surface area contributed by atoms with Crippen molar-refractivity contribution >= 4 is 27.8 Å². The highest BCUT2D eigenvalue weighted by Gasteiger charge is 2.20. The highest BCUT2D eigenvalue weighted by molar-refractivity contribution is 9.10. The molecule has 140 valence electrons. The predicted molar refractivity (Wildman–Crippen MR) is 99.3 cm³/mol. The van der Waals surface area contributed by atoms with Crippen LogP contribution in [0.3, 0.4) is 0 Å². The van der Waals surface area contributed by atoms with Gasteiger partial charge in [-0.1, -0.05) is 13.8 Å². The first kappa shape index (κ1) is 21.3. The first-order valence-corrected chi connectivity index (χ1v) is 9.01. The number of esters is 1. The number of halogens is 1. The average Bonchev–Trinajstić information content (AvgIpc) is 2.57. The Morgan fingerprint density at radius 3 is 2.48 bits per heavy atom. The van der Waals surface area contributed by atoms with E-state index in [4.69, 9.17) is 14.2 Å². The van der Waals surface area contributed by atoms with Crippen molar-refractivity contribution in [3.05, 3.63) is 22.2 Å². The van der Waals surface area contributed by atoms with Crippen molar-refractivity contribution < 1.29 is 23.8 Å². The number of carbonyl (C=O) groups excluding carboxylic acids is 2. The second-order valence-electron chi connectivity index (χ2n) is 6.20. The summed E-state index contributed by atoms with van der Waals surface area (Å²) in [5.74, 6) is 0.00862. The summed E-state index contributed by atoms with van der Waals surface area (Å²) < 4.78 is 16.6. The van der Waals surface area contributed by atoms with Gasteiger partial charge in [-0.25, -0.2) is 4.79 Å². The maximum Gasteiger partial charge on any atom is 0.338 e. The summed E-state index contributed by atoms with van der Waals surface area (Å²) in [6, 6.07) is 3.12. The summed E-state index contributed by atoms with van der Waals surface area (Å²) in [5.41, 5.74) is -0.0660. The van der Waals surface area contributed by atoms with E-state index in [2.05, 4.69) is 21.2 Å². The number of ether oxygens (including phenoxy) is 3. The Morgan fingerprint density at radius 2 is 1.92 bits per heavy atom. The van der Waals surface area contributed by atoms with Gasteiger partial charge in [-0.2, -0.15) is 0 Å². The lowest BCUT2D eigenvalue weighted by Crippen LogP contribution is -2.44. The van der Waals surface area contributed by atoms with Crippen LogP contribution in [-0.2, 0) is 9.53 Å². The third kappa shape index (κ3) is 6.57. The van der Waals surface area contributed by atoms with Gasteiger partial charge in [0.15, 0.2) is 18.1 Å². The first-order valence-electron chi connectivity index (χ1n) is 8.22. The second kappa shape index (κ2) is 9.65. The van der Waals surface area contributed by atoms with Gasteiger partial charge in [0.2, 0.25) is 0 Å². The van der Waals surface area contributed by atoms with Crippen molar-refractivity contribution in [3.8, 4) is 11.5 Å². The fraction of sp³-hybridized carbons (Fsp3) is 0.556. The van der Waals surface area contributed by atoms with Gasteiger partial charge in [0.1, 0.15) is 0 Å². The number of amides is 1. The van der Waals surface area contributed by atoms with Crippen molar-refractivity contribution in [3.63, 3.8) is 0 Å². The topological polar surface area (TPSA) is 73.9 Å². The molecule has 0 aromatic heterocycles. The molecule has 6 nitrogen and oxygen atoms in total. The summed E-state index contributed by atoms with van der Waals surface area (Å²) in [4.78, 5) is 24.1. The lowest BCUT2D eigenvalue weighted by atomic mass is 10.0. The fourth-order valence-corrected chi connectivity index (χ4v) is 2.45. The van der Waals surface area contributed by atoms with Crippen LogP contribution in [0.15, 0.2) is 16.6 Å². The summed E-state index contributed by atoms with van der Waals surface area (Å²) >= 11 is 3.37. The van der Waals surface area contributed by atoms with Crippen molar-refractivity contribution in [2.24, 2.45) is 0 Å². The molecule has 0 spiro atoms. The molecule has 7 heteroatoms. The minimum absolute atomic E-state index is 0.273. The number of carbonyl (C=O) groups is 2. The van der Waals surface area contributed by atoms with E-state index >= 15 is 0 Å². The molecule has 0 aliphatic rings. The van der Waals surface area contributed by atoms with Gasteiger partial charge in [-0.3, -0.25) is 4.79 Å². The van der Waals surface area contributed by atoms with E-state index in [1.165, 1.54) is 13.2 Å². The summed E-state index contributed by atoms with van der Waals surface area (Å²) in [7, 11) is 1.50. The molecule has 0 bridgehead atoms. The van der Waals surface area contributed by atoms with Gasteiger partial charge in [-0.15, -0.1) is 0 Å². The van der Waals surface area contributed by atoms with Gasteiger partial charge in [0.05, 0.1) is 23.8 Å². The summed E-state index contributed by atoms with van der Waals surface area (Å²) in [6.45, 7) is 7.98. The molecule has 0 saturated heterocycles. The maximum atomic E-state index is 12.2. The molecule has 1 aromatic rings. The van der Waals surface area contributed by atoms with Crippen molar-refractivity contribution in [1.29, 1.82) is 0 Å². The van der Waals surface area contributed by atoms with Gasteiger partial charge in [0.25, 0.3) is 5.91 Å². The molecular weight excluding hydrogens is 390 g/mol. The van der Waals surface area contributed by atoms with Crippen molar-refractivity contribution in [2.45, 2.75) is 46.1 Å². The van der Waals surface area contributed by atoms with Crippen LogP contribution in [0.1, 0.15) is 50.9 Å². The van der Waals surface area contributed by atoms with Crippen LogP contribution in [0, 0.1) is 0 Å². The predicted octanol–water partition coefficient (Wildman–Crippen LogP) is 3.71. The molecule has 25 heavy (non-hydrogen) atoms. The highest BCUT2D eigenvalue weighted by Crippen LogP contribution is 2.37. The summed E-state index contributed by atoms with van der Waals surface area (Å²) in [6.07, 6.45) is 1.62. The molecule has 0 unspecified atom stereocenters. The third-order valence-corrected chi connectivity index (χ3v) is 4.20. The zero-order valence-corrected chi connectivity index (χ0v) is 17.0. The number of hydrogen-bond donors (Lipinski definition) is 1. The Morgan fingerprint density at radius 1 is 1.24 bits per heavy atom. The Balaban J connectivity index is 2.78. The van der Waals surface area contributed by atoms with E-state index in [1.54, 1.807) is 6.07 Å². The molecule has 0 aliphatic heterocycles. The minimum atomic E-state index is -0.606. The normalized spacial score (nSPS) is 11.0. The molecule has 1 aromatic carbocycles. The van der Waals surface area contributed by atoms with E-state index in [0.717, 1.165) is 12.8 Å². The van der Waals surface area contributed by atoms with E-state index in [9.17, 15) is 9.59 Å². The van der Waals surface area contributed by atoms with Crippen LogP contribution in [0.5, 0.6) is 11.5 Å². The molecule has 1 amide bonds. The largest absolute Gasteiger partial charge is 0.493 e. The Bertz CT molecular complexity index is 616. The van der Waals surface area contributed by atoms with E-state index in [0.29, 0.717) is 22.6 Å². The molecule has 0 atom stereocenters. The monoisotopic (exact) mass is 415 g/mol. The SMILES string of the molecule is CCCOc1c(Br)cc(C(=O)OCC(=O)NC(C)(C)CC)cc1OC. The molecule has 1 N–H and O–H groups in total. The van der Waals surface area contributed by atoms with Crippen LogP contribution in [0.4, 0.5) is 0 Å². The van der Waals surface area contributed by atoms with Gasteiger partial charge >= 0.3 is 5.97 Å². The average molecular weight is 416 g/mol. The van der Waals surface area contributed by atoms with E-state index < -0.39 is 5.97 Å². The number of benzene rings is 1. The molecule has 0 aliphatic carbocycles. The highest BCUT2D eigenvalue weighted by atomic mass is 79.9. The molecule has 0 heterocycles. The third-order valence-electron chi connectivity index (χ3n) is 3.61. The minimum Gasteiger partial charge on any atom is -0.493 e. The molecular formula is C18H26BrNO5. The Kier molecular flexibility index (Phi) is 8.22. The first-order chi connectivity index (χ1) is 11.7. The van der Waals surface area contributed by atoms with Crippen LogP contribution in [-0.4, -0.2) is 37.7 Å². The van der Waals surface area contributed by atoms with Gasteiger partial charge < -0.3 is 19.5 Å². The zero-order chi connectivity index (χ0) is 19.0. The van der Waals surface area contributed by atoms with Gasteiger partial charge in [0, 0.05) is 5.54 Å². The van der Waals surface area contributed by atoms with E-state index in [1.807, 2.05) is 27.7 Å². The standard InChI is InChI=1S/C18H26BrNO5/c1-6-8-24-16-13(19)9-12(10-14(16)23-5)17(22)25-11-15(21)20-18(3,4)7-2/h9-10H,6-8,11H2,1-5H3,(H,20,21). The number of rotatable bonds is 9. The molecule has 0 radical (unpaired) electrons. The fourth-order valence-electron chi connectivity index (χ4n) is 1.90. The second-order valence-corrected chi connectivity index (χ2v) is 7.05. The van der Waals surface area contributed by atoms with Gasteiger partial charge in [-0.05, 0) is 54.8 Å². The van der Waals surface area contributed by atoms with Crippen molar-refractivity contribution in [1.82, 2.24) is 5.32 Å². The zero-order valence-electron chi connectivity index (χ0n) is 15.4. The quantitative estimate of drug-likeness (QED) is 0.622. The van der Waals surface area contributed by atoms with Crippen LogP contribution in [0.25, 0.3) is 0 Å². The van der Waals surface area contributed by atoms with Crippen LogP contribution in [0.2, 0.25) is 0 Å². The lowest BCUT2D eigenvalue weighted by Gasteiger charge is -2.24. The Hall–Kier alpha value is -1.76. The number of nitrogens with one attached hydrogen (secondary N) is 1. The van der Waals surface area contributed by atoms with Crippen LogP contribution < -0.4 is 14.8 Å².